The van der Waals surface area contributed by atoms with E-state index in [1.807, 2.05) is 4.90 Å². The Morgan fingerprint density at radius 3 is 3.05 bits per heavy atom. The third-order valence-corrected chi connectivity index (χ3v) is 4.38. The lowest BCUT2D eigenvalue weighted by Crippen LogP contribution is -2.42. The van der Waals surface area contributed by atoms with Crippen LogP contribution in [0.15, 0.2) is 33.4 Å². The van der Waals surface area contributed by atoms with Crippen LogP contribution in [-0.4, -0.2) is 41.1 Å². The van der Waals surface area contributed by atoms with Crippen LogP contribution in [0.3, 0.4) is 0 Å². The molecule has 0 saturated carbocycles. The third-order valence-electron chi connectivity index (χ3n) is 4.38. The molecular formula is C15H17N3O3. The minimum atomic E-state index is -0.0345. The first-order valence-electron chi connectivity index (χ1n) is 7.37. The van der Waals surface area contributed by atoms with Crippen LogP contribution in [0.25, 0.3) is 11.5 Å². The normalized spacial score (nSPS) is 25.0. The first kappa shape index (κ1) is 12.6. The highest BCUT2D eigenvalue weighted by molar-refractivity contribution is 5.93. The average Bonchev–Trinajstić information content (AvgIpc) is 3.15. The van der Waals surface area contributed by atoms with Crippen molar-refractivity contribution in [1.82, 2.24) is 15.4 Å². The van der Waals surface area contributed by atoms with Gasteiger partial charge in [-0.15, -0.1) is 0 Å². The lowest BCUT2D eigenvalue weighted by Gasteiger charge is -2.26. The summed E-state index contributed by atoms with van der Waals surface area (Å²) in [6.45, 7) is 1.84. The van der Waals surface area contributed by atoms with Crippen molar-refractivity contribution in [1.29, 1.82) is 0 Å². The zero-order valence-electron chi connectivity index (χ0n) is 11.6. The van der Waals surface area contributed by atoms with E-state index in [9.17, 15) is 4.79 Å². The molecule has 2 aliphatic heterocycles. The highest BCUT2D eigenvalue weighted by Crippen LogP contribution is 2.30. The second-order valence-electron chi connectivity index (χ2n) is 5.64. The fraction of sp³-hybridized carbons (Fsp3) is 0.467. The minimum Gasteiger partial charge on any atom is -0.461 e. The molecule has 0 radical (unpaired) electrons. The van der Waals surface area contributed by atoms with Crippen molar-refractivity contribution >= 4 is 5.91 Å². The molecule has 1 amide bonds. The third kappa shape index (κ3) is 2.15. The standard InChI is InChI=1S/C15H17N3O3/c19-15(18-10-3-4-11(18)9-16-6-5-10)12-8-14(21-17-12)13-2-1-7-20-13/h1-2,7-8,10-11,16H,3-6,9H2. The molecule has 110 valence electrons. The van der Waals surface area contributed by atoms with Crippen molar-refractivity contribution in [3.05, 3.63) is 30.2 Å². The van der Waals surface area contributed by atoms with Crippen LogP contribution in [0.4, 0.5) is 0 Å². The number of hydrogen-bond donors (Lipinski definition) is 1. The van der Waals surface area contributed by atoms with E-state index in [-0.39, 0.29) is 11.9 Å². The topological polar surface area (TPSA) is 71.5 Å². The molecule has 2 bridgehead atoms. The van der Waals surface area contributed by atoms with Gasteiger partial charge in [-0.3, -0.25) is 4.79 Å². The summed E-state index contributed by atoms with van der Waals surface area (Å²) in [4.78, 5) is 14.7. The van der Waals surface area contributed by atoms with Crippen molar-refractivity contribution in [2.75, 3.05) is 13.1 Å². The molecule has 2 saturated heterocycles. The number of carbonyl (C=O) groups excluding carboxylic acids is 1. The van der Waals surface area contributed by atoms with Gasteiger partial charge in [0.05, 0.1) is 6.26 Å². The van der Waals surface area contributed by atoms with Gasteiger partial charge in [-0.1, -0.05) is 5.16 Å². The number of aromatic nitrogens is 1. The number of fused-ring (bicyclic) bond motifs is 2. The number of amides is 1. The van der Waals surface area contributed by atoms with E-state index in [4.69, 9.17) is 8.94 Å². The molecule has 0 aromatic carbocycles. The predicted molar refractivity (Wildman–Crippen MR) is 74.7 cm³/mol. The van der Waals surface area contributed by atoms with E-state index in [1.54, 1.807) is 24.5 Å². The SMILES string of the molecule is O=C(c1cc(-c2ccco2)on1)N1C2CCNCC1CC2. The molecule has 2 fully saturated rings. The van der Waals surface area contributed by atoms with E-state index in [2.05, 4.69) is 10.5 Å². The Bertz CT molecular complexity index is 620. The monoisotopic (exact) mass is 287 g/mol. The smallest absolute Gasteiger partial charge is 0.276 e. The molecule has 6 heteroatoms. The molecule has 0 spiro atoms. The molecule has 0 aliphatic carbocycles. The van der Waals surface area contributed by atoms with Gasteiger partial charge in [-0.05, 0) is 37.9 Å². The van der Waals surface area contributed by atoms with E-state index in [0.29, 0.717) is 23.3 Å². The van der Waals surface area contributed by atoms with Crippen molar-refractivity contribution in [3.63, 3.8) is 0 Å². The van der Waals surface area contributed by atoms with Gasteiger partial charge in [0.15, 0.2) is 11.5 Å². The second kappa shape index (κ2) is 5.04. The summed E-state index contributed by atoms with van der Waals surface area (Å²) in [7, 11) is 0. The Morgan fingerprint density at radius 2 is 2.19 bits per heavy atom. The highest BCUT2D eigenvalue weighted by Gasteiger charge is 2.39. The predicted octanol–water partition coefficient (Wildman–Crippen LogP) is 1.90. The zero-order valence-corrected chi connectivity index (χ0v) is 11.6. The van der Waals surface area contributed by atoms with Gasteiger partial charge in [0.25, 0.3) is 5.91 Å². The molecule has 4 rings (SSSR count). The van der Waals surface area contributed by atoms with Crippen LogP contribution in [0, 0.1) is 0 Å². The quantitative estimate of drug-likeness (QED) is 0.913. The molecule has 2 atom stereocenters. The van der Waals surface area contributed by atoms with Crippen LogP contribution in [0.1, 0.15) is 29.8 Å². The Balaban J connectivity index is 1.60. The van der Waals surface area contributed by atoms with E-state index < -0.39 is 0 Å². The maximum absolute atomic E-state index is 12.7. The van der Waals surface area contributed by atoms with Crippen LogP contribution >= 0.6 is 0 Å². The van der Waals surface area contributed by atoms with Crippen LogP contribution in [0.5, 0.6) is 0 Å². The molecule has 2 aromatic heterocycles. The number of rotatable bonds is 2. The maximum atomic E-state index is 12.7. The first-order valence-corrected chi connectivity index (χ1v) is 7.37. The first-order chi connectivity index (χ1) is 10.3. The number of carbonyl (C=O) groups is 1. The van der Waals surface area contributed by atoms with Crippen LogP contribution < -0.4 is 5.32 Å². The Hall–Kier alpha value is -2.08. The van der Waals surface area contributed by atoms with Crippen molar-refractivity contribution in [3.8, 4) is 11.5 Å². The summed E-state index contributed by atoms with van der Waals surface area (Å²) < 4.78 is 10.5. The maximum Gasteiger partial charge on any atom is 0.276 e. The number of furan rings is 1. The summed E-state index contributed by atoms with van der Waals surface area (Å²) in [6, 6.07) is 5.82. The summed E-state index contributed by atoms with van der Waals surface area (Å²) in [5, 5.41) is 7.32. The zero-order chi connectivity index (χ0) is 14.2. The largest absolute Gasteiger partial charge is 0.461 e. The van der Waals surface area contributed by atoms with Crippen molar-refractivity contribution in [2.45, 2.75) is 31.3 Å². The Morgan fingerprint density at radius 1 is 1.29 bits per heavy atom. The molecule has 2 aliphatic rings. The van der Waals surface area contributed by atoms with Gasteiger partial charge in [0.1, 0.15) is 0 Å². The van der Waals surface area contributed by atoms with E-state index in [1.165, 1.54) is 0 Å². The van der Waals surface area contributed by atoms with Crippen molar-refractivity contribution < 1.29 is 13.7 Å². The van der Waals surface area contributed by atoms with Crippen LogP contribution in [-0.2, 0) is 0 Å². The lowest BCUT2D eigenvalue weighted by molar-refractivity contribution is 0.0669. The molecule has 1 N–H and O–H groups in total. The molecule has 2 unspecified atom stereocenters. The van der Waals surface area contributed by atoms with E-state index in [0.717, 1.165) is 32.4 Å². The van der Waals surface area contributed by atoms with Crippen LogP contribution in [0.2, 0.25) is 0 Å². The Labute approximate surface area is 122 Å². The van der Waals surface area contributed by atoms with E-state index >= 15 is 0 Å². The fourth-order valence-corrected chi connectivity index (χ4v) is 3.36. The minimum absolute atomic E-state index is 0.0345. The van der Waals surface area contributed by atoms with Gasteiger partial charge in [-0.2, -0.15) is 0 Å². The van der Waals surface area contributed by atoms with Crippen molar-refractivity contribution in [2.24, 2.45) is 0 Å². The number of nitrogens with zero attached hydrogens (tertiary/aromatic N) is 2. The summed E-state index contributed by atoms with van der Waals surface area (Å²) in [6.07, 6.45) is 4.72. The van der Waals surface area contributed by atoms with Gasteiger partial charge in [0.2, 0.25) is 5.76 Å². The molecule has 4 heterocycles. The summed E-state index contributed by atoms with van der Waals surface area (Å²) >= 11 is 0. The summed E-state index contributed by atoms with van der Waals surface area (Å²) in [5.41, 5.74) is 0.361. The van der Waals surface area contributed by atoms with Gasteiger partial charge < -0.3 is 19.2 Å². The Kier molecular flexibility index (Phi) is 3.03. The van der Waals surface area contributed by atoms with Gasteiger partial charge in [0, 0.05) is 24.7 Å². The number of nitrogens with one attached hydrogen (secondary N) is 1. The van der Waals surface area contributed by atoms with Gasteiger partial charge >= 0.3 is 0 Å². The molecule has 6 nitrogen and oxygen atoms in total. The molecule has 21 heavy (non-hydrogen) atoms. The van der Waals surface area contributed by atoms with Gasteiger partial charge in [-0.25, -0.2) is 0 Å². The fourth-order valence-electron chi connectivity index (χ4n) is 3.36. The highest BCUT2D eigenvalue weighted by atomic mass is 16.5. The molecule has 2 aromatic rings. The average molecular weight is 287 g/mol. The summed E-state index contributed by atoms with van der Waals surface area (Å²) in [5.74, 6) is 1.04. The lowest BCUT2D eigenvalue weighted by atomic mass is 10.1. The number of hydrogen-bond acceptors (Lipinski definition) is 5. The molecular weight excluding hydrogens is 270 g/mol. The second-order valence-corrected chi connectivity index (χ2v) is 5.64.